The molecule has 0 radical (unpaired) electrons. The number of halogens is 2. The van der Waals surface area contributed by atoms with Gasteiger partial charge < -0.3 is 4.74 Å². The number of ether oxygens (including phenoxy) is 1. The summed E-state index contributed by atoms with van der Waals surface area (Å²) in [5.74, 6) is 11.4. The standard InChI is InChI=1S/C17H16BrClN6O2/c18-14-2-1-3-15(25(21)17(26)22-20)13(14)10-27-16-8-9-24(23-16)12-6-4-11(19)5-7-12/h1-9H,10,20-21H2,(H,22,26). The lowest BCUT2D eigenvalue weighted by atomic mass is 10.2. The summed E-state index contributed by atoms with van der Waals surface area (Å²) < 4.78 is 8.17. The van der Waals surface area contributed by atoms with Crippen molar-refractivity contribution in [2.75, 3.05) is 5.01 Å². The number of urea groups is 1. The van der Waals surface area contributed by atoms with Gasteiger partial charge in [0, 0.05) is 27.3 Å². The SMILES string of the molecule is NNC(=O)N(N)c1cccc(Br)c1COc1ccn(-c2ccc(Cl)cc2)n1. The van der Waals surface area contributed by atoms with Gasteiger partial charge in [-0.05, 0) is 36.4 Å². The molecule has 3 aromatic rings. The Balaban J connectivity index is 1.77. The van der Waals surface area contributed by atoms with Gasteiger partial charge in [-0.15, -0.1) is 5.10 Å². The average molecular weight is 452 g/mol. The van der Waals surface area contributed by atoms with E-state index >= 15 is 0 Å². The van der Waals surface area contributed by atoms with Crippen LogP contribution in [0, 0.1) is 0 Å². The number of hydrogen-bond acceptors (Lipinski definition) is 5. The first-order chi connectivity index (χ1) is 13.0. The van der Waals surface area contributed by atoms with E-state index in [1.165, 1.54) is 0 Å². The predicted molar refractivity (Wildman–Crippen MR) is 106 cm³/mol. The highest BCUT2D eigenvalue weighted by atomic mass is 79.9. The summed E-state index contributed by atoms with van der Waals surface area (Å²) in [4.78, 5) is 11.7. The fraction of sp³-hybridized carbons (Fsp3) is 0.0588. The van der Waals surface area contributed by atoms with E-state index in [0.29, 0.717) is 22.2 Å². The number of carbonyl (C=O) groups is 1. The molecule has 27 heavy (non-hydrogen) atoms. The molecule has 1 heterocycles. The minimum atomic E-state index is -0.652. The molecular weight excluding hydrogens is 436 g/mol. The summed E-state index contributed by atoms with van der Waals surface area (Å²) >= 11 is 9.35. The molecule has 0 aliphatic rings. The topological polar surface area (TPSA) is 111 Å². The molecule has 8 nitrogen and oxygen atoms in total. The fourth-order valence-corrected chi connectivity index (χ4v) is 2.96. The van der Waals surface area contributed by atoms with E-state index in [1.54, 1.807) is 41.2 Å². The number of nitrogens with zero attached hydrogens (tertiary/aromatic N) is 3. The van der Waals surface area contributed by atoms with E-state index in [2.05, 4.69) is 21.0 Å². The largest absolute Gasteiger partial charge is 0.472 e. The first-order valence-corrected chi connectivity index (χ1v) is 8.94. The molecule has 5 N–H and O–H groups in total. The lowest BCUT2D eigenvalue weighted by Gasteiger charge is -2.20. The Hall–Kier alpha value is -2.59. The van der Waals surface area contributed by atoms with Crippen LogP contribution in [-0.2, 0) is 6.61 Å². The molecule has 0 atom stereocenters. The first-order valence-electron chi connectivity index (χ1n) is 7.77. The summed E-state index contributed by atoms with van der Waals surface area (Å²) in [5, 5.41) is 5.93. The highest BCUT2D eigenvalue weighted by Gasteiger charge is 2.17. The third-order valence-corrected chi connectivity index (χ3v) is 4.71. The van der Waals surface area contributed by atoms with Crippen molar-refractivity contribution in [3.63, 3.8) is 0 Å². The third kappa shape index (κ3) is 4.40. The molecule has 2 aromatic carbocycles. The van der Waals surface area contributed by atoms with Crippen molar-refractivity contribution in [3.8, 4) is 11.6 Å². The molecule has 0 spiro atoms. The van der Waals surface area contributed by atoms with Crippen LogP contribution in [0.2, 0.25) is 5.02 Å². The molecule has 10 heteroatoms. The van der Waals surface area contributed by atoms with Crippen molar-refractivity contribution in [3.05, 3.63) is 69.8 Å². The molecule has 0 saturated carbocycles. The highest BCUT2D eigenvalue weighted by Crippen LogP contribution is 2.28. The number of carbonyl (C=O) groups excluding carboxylic acids is 1. The number of aromatic nitrogens is 2. The first kappa shape index (κ1) is 19.2. The van der Waals surface area contributed by atoms with Crippen LogP contribution in [0.1, 0.15) is 5.56 Å². The molecule has 1 aromatic heterocycles. The summed E-state index contributed by atoms with van der Waals surface area (Å²) in [6.07, 6.45) is 1.77. The Morgan fingerprint density at radius 3 is 2.70 bits per heavy atom. The Morgan fingerprint density at radius 2 is 2.00 bits per heavy atom. The smallest absolute Gasteiger partial charge is 0.350 e. The highest BCUT2D eigenvalue weighted by molar-refractivity contribution is 9.10. The van der Waals surface area contributed by atoms with Crippen molar-refractivity contribution < 1.29 is 9.53 Å². The number of nitrogens with one attached hydrogen (secondary N) is 1. The van der Waals surface area contributed by atoms with Gasteiger partial charge in [0.25, 0.3) is 0 Å². The zero-order chi connectivity index (χ0) is 19.4. The fourth-order valence-electron chi connectivity index (χ4n) is 2.36. The van der Waals surface area contributed by atoms with E-state index in [4.69, 9.17) is 28.0 Å². The Bertz CT molecular complexity index is 947. The Morgan fingerprint density at radius 1 is 1.26 bits per heavy atom. The van der Waals surface area contributed by atoms with Crippen LogP contribution in [0.4, 0.5) is 10.5 Å². The van der Waals surface area contributed by atoms with Crippen LogP contribution < -0.4 is 26.9 Å². The van der Waals surface area contributed by atoms with E-state index in [1.807, 2.05) is 23.6 Å². The van der Waals surface area contributed by atoms with Crippen LogP contribution >= 0.6 is 27.5 Å². The van der Waals surface area contributed by atoms with Gasteiger partial charge >= 0.3 is 6.03 Å². The van der Waals surface area contributed by atoms with Gasteiger partial charge in [0.2, 0.25) is 5.88 Å². The van der Waals surface area contributed by atoms with Gasteiger partial charge in [-0.3, -0.25) is 5.43 Å². The maximum Gasteiger partial charge on any atom is 0.350 e. The normalized spacial score (nSPS) is 10.5. The molecule has 0 bridgehead atoms. The second-order valence-corrected chi connectivity index (χ2v) is 6.71. The van der Waals surface area contributed by atoms with Crippen molar-refractivity contribution >= 4 is 39.2 Å². The molecule has 140 valence electrons. The molecule has 2 amide bonds. The monoisotopic (exact) mass is 450 g/mol. The summed E-state index contributed by atoms with van der Waals surface area (Å²) in [5.41, 5.74) is 3.96. The van der Waals surface area contributed by atoms with E-state index in [9.17, 15) is 4.79 Å². The van der Waals surface area contributed by atoms with Crippen LogP contribution in [0.25, 0.3) is 5.69 Å². The number of amides is 2. The predicted octanol–water partition coefficient (Wildman–Crippen LogP) is 3.13. The van der Waals surface area contributed by atoms with E-state index in [-0.39, 0.29) is 6.61 Å². The Labute approximate surface area is 168 Å². The van der Waals surface area contributed by atoms with Crippen LogP contribution in [0.5, 0.6) is 5.88 Å². The Kier molecular flexibility index (Phi) is 5.97. The number of benzene rings is 2. The molecule has 0 aliphatic heterocycles. The summed E-state index contributed by atoms with van der Waals surface area (Å²) in [6.45, 7) is 0.139. The van der Waals surface area contributed by atoms with Crippen molar-refractivity contribution in [2.24, 2.45) is 11.7 Å². The van der Waals surface area contributed by atoms with Gasteiger partial charge in [0.15, 0.2) is 0 Å². The van der Waals surface area contributed by atoms with Gasteiger partial charge in [0.05, 0.1) is 11.4 Å². The van der Waals surface area contributed by atoms with E-state index < -0.39 is 6.03 Å². The zero-order valence-corrected chi connectivity index (χ0v) is 16.3. The number of nitrogens with two attached hydrogens (primary N) is 2. The summed E-state index contributed by atoms with van der Waals surface area (Å²) in [7, 11) is 0. The molecular formula is C17H16BrClN6O2. The van der Waals surface area contributed by atoms with Crippen molar-refractivity contribution in [1.82, 2.24) is 15.2 Å². The maximum absolute atomic E-state index is 11.7. The van der Waals surface area contributed by atoms with Crippen LogP contribution in [0.3, 0.4) is 0 Å². The number of hydrazine groups is 2. The molecule has 0 aliphatic carbocycles. The van der Waals surface area contributed by atoms with Crippen LogP contribution in [-0.4, -0.2) is 15.8 Å². The number of rotatable bonds is 5. The lowest BCUT2D eigenvalue weighted by Crippen LogP contribution is -2.48. The molecule has 0 unspecified atom stereocenters. The van der Waals surface area contributed by atoms with Crippen molar-refractivity contribution in [1.29, 1.82) is 0 Å². The second-order valence-electron chi connectivity index (χ2n) is 5.42. The number of hydrogen-bond donors (Lipinski definition) is 3. The van der Waals surface area contributed by atoms with Gasteiger partial charge in [-0.25, -0.2) is 26.2 Å². The van der Waals surface area contributed by atoms with Crippen LogP contribution in [0.15, 0.2) is 59.2 Å². The van der Waals surface area contributed by atoms with Gasteiger partial charge in [-0.1, -0.05) is 33.6 Å². The third-order valence-electron chi connectivity index (χ3n) is 3.72. The molecule has 0 saturated heterocycles. The maximum atomic E-state index is 11.7. The zero-order valence-electron chi connectivity index (χ0n) is 14.0. The van der Waals surface area contributed by atoms with Gasteiger partial charge in [0.1, 0.15) is 6.61 Å². The quantitative estimate of drug-likeness (QED) is 0.313. The minimum Gasteiger partial charge on any atom is -0.472 e. The number of anilines is 1. The molecule has 0 fully saturated rings. The van der Waals surface area contributed by atoms with E-state index in [0.717, 1.165) is 15.2 Å². The minimum absolute atomic E-state index is 0.139. The average Bonchev–Trinajstić information content (AvgIpc) is 3.15. The van der Waals surface area contributed by atoms with Gasteiger partial charge in [-0.2, -0.15) is 0 Å². The lowest BCUT2D eigenvalue weighted by molar-refractivity contribution is 0.246. The summed E-state index contributed by atoms with van der Waals surface area (Å²) in [6, 6.07) is 13.6. The second kappa shape index (κ2) is 8.40. The molecule has 3 rings (SSSR count). The van der Waals surface area contributed by atoms with Crippen molar-refractivity contribution in [2.45, 2.75) is 6.61 Å².